The summed E-state index contributed by atoms with van der Waals surface area (Å²) in [6.07, 6.45) is -1.16. The summed E-state index contributed by atoms with van der Waals surface area (Å²) in [6, 6.07) is 17.2. The molecule has 0 saturated carbocycles. The van der Waals surface area contributed by atoms with Crippen LogP contribution in [0.1, 0.15) is 38.0 Å². The first kappa shape index (κ1) is 21.1. The van der Waals surface area contributed by atoms with E-state index in [4.69, 9.17) is 14.2 Å². The van der Waals surface area contributed by atoms with Gasteiger partial charge in [-0.2, -0.15) is 0 Å². The number of hydrogen-bond acceptors (Lipinski definition) is 5. The molecule has 1 aliphatic heterocycles. The molecule has 156 valence electrons. The second kappa shape index (κ2) is 9.29. The third kappa shape index (κ3) is 5.71. The van der Waals surface area contributed by atoms with Crippen molar-refractivity contribution in [3.63, 3.8) is 0 Å². The van der Waals surface area contributed by atoms with Crippen LogP contribution < -0.4 is 4.74 Å². The molecule has 0 bridgehead atoms. The summed E-state index contributed by atoms with van der Waals surface area (Å²) in [4.78, 5) is 14.2. The fourth-order valence-corrected chi connectivity index (χ4v) is 3.24. The number of aliphatic hydroxyl groups excluding tert-OH is 1. The first-order chi connectivity index (χ1) is 13.9. The molecule has 1 amide bonds. The first-order valence-electron chi connectivity index (χ1n) is 9.87. The smallest absolute Gasteiger partial charge is 0.410 e. The monoisotopic (exact) mass is 399 g/mol. The van der Waals surface area contributed by atoms with Crippen molar-refractivity contribution < 1.29 is 24.1 Å². The molecular weight excluding hydrogens is 370 g/mol. The highest BCUT2D eigenvalue weighted by Gasteiger charge is 2.34. The zero-order valence-corrected chi connectivity index (χ0v) is 17.2. The molecule has 2 aromatic rings. The number of hydrogen-bond donors (Lipinski definition) is 1. The van der Waals surface area contributed by atoms with E-state index in [0.29, 0.717) is 31.0 Å². The Morgan fingerprint density at radius 3 is 2.55 bits per heavy atom. The Morgan fingerprint density at radius 1 is 1.17 bits per heavy atom. The zero-order chi connectivity index (χ0) is 20.9. The van der Waals surface area contributed by atoms with E-state index < -0.39 is 11.7 Å². The molecular formula is C23H29NO5. The van der Waals surface area contributed by atoms with Gasteiger partial charge in [-0.25, -0.2) is 4.79 Å². The second-order valence-electron chi connectivity index (χ2n) is 8.05. The lowest BCUT2D eigenvalue weighted by Crippen LogP contribution is -2.50. The second-order valence-corrected chi connectivity index (χ2v) is 8.05. The van der Waals surface area contributed by atoms with Gasteiger partial charge in [-0.05, 0) is 32.4 Å². The highest BCUT2D eigenvalue weighted by molar-refractivity contribution is 5.68. The van der Waals surface area contributed by atoms with Gasteiger partial charge >= 0.3 is 6.09 Å². The molecule has 0 aromatic heterocycles. The quantitative estimate of drug-likeness (QED) is 0.825. The van der Waals surface area contributed by atoms with E-state index in [2.05, 4.69) is 0 Å². The van der Waals surface area contributed by atoms with Crippen molar-refractivity contribution in [2.45, 2.75) is 45.2 Å². The summed E-state index contributed by atoms with van der Waals surface area (Å²) in [5, 5.41) is 9.65. The largest absolute Gasteiger partial charge is 0.483 e. The molecule has 6 nitrogen and oxygen atoms in total. The summed E-state index contributed by atoms with van der Waals surface area (Å²) in [6.45, 7) is 6.67. The van der Waals surface area contributed by atoms with Gasteiger partial charge in [0.15, 0.2) is 6.10 Å². The average Bonchev–Trinajstić information content (AvgIpc) is 2.72. The molecule has 1 heterocycles. The number of benzene rings is 2. The van der Waals surface area contributed by atoms with Gasteiger partial charge < -0.3 is 24.2 Å². The third-order valence-electron chi connectivity index (χ3n) is 4.61. The van der Waals surface area contributed by atoms with Crippen LogP contribution in [0.15, 0.2) is 54.6 Å². The topological polar surface area (TPSA) is 68.2 Å². The minimum atomic E-state index is -0.555. The lowest BCUT2D eigenvalue weighted by Gasteiger charge is -2.37. The average molecular weight is 399 g/mol. The summed E-state index contributed by atoms with van der Waals surface area (Å²) in [5.74, 6) is 0.599. The van der Waals surface area contributed by atoms with Crippen LogP contribution in [0.3, 0.4) is 0 Å². The van der Waals surface area contributed by atoms with Gasteiger partial charge in [0.05, 0.1) is 19.8 Å². The molecule has 2 unspecified atom stereocenters. The Labute approximate surface area is 172 Å². The van der Waals surface area contributed by atoms with Crippen molar-refractivity contribution in [2.75, 3.05) is 19.7 Å². The van der Waals surface area contributed by atoms with E-state index >= 15 is 0 Å². The van der Waals surface area contributed by atoms with Gasteiger partial charge in [-0.3, -0.25) is 0 Å². The van der Waals surface area contributed by atoms with Crippen LogP contribution in [0.2, 0.25) is 0 Å². The maximum absolute atomic E-state index is 12.6. The summed E-state index contributed by atoms with van der Waals surface area (Å²) >= 11 is 0. The van der Waals surface area contributed by atoms with Crippen LogP contribution in [0.25, 0.3) is 0 Å². The van der Waals surface area contributed by atoms with E-state index in [9.17, 15) is 9.90 Å². The van der Waals surface area contributed by atoms with Crippen LogP contribution in [0.4, 0.5) is 4.79 Å². The number of aliphatic hydroxyl groups is 1. The summed E-state index contributed by atoms with van der Waals surface area (Å²) in [5.41, 5.74) is 1.09. The predicted molar refractivity (Wildman–Crippen MR) is 110 cm³/mol. The molecule has 0 radical (unpaired) electrons. The normalized spacial score (nSPS) is 18.2. The Hall–Kier alpha value is -2.57. The van der Waals surface area contributed by atoms with Gasteiger partial charge in [-0.1, -0.05) is 48.5 Å². The van der Waals surface area contributed by atoms with Crippen LogP contribution in [-0.2, 0) is 16.1 Å². The minimum Gasteiger partial charge on any atom is -0.483 e. The van der Waals surface area contributed by atoms with Gasteiger partial charge in [0.25, 0.3) is 0 Å². The highest BCUT2D eigenvalue weighted by atomic mass is 16.6. The molecule has 3 rings (SSSR count). The number of ether oxygens (including phenoxy) is 3. The van der Waals surface area contributed by atoms with Crippen LogP contribution in [0, 0.1) is 0 Å². The molecule has 1 aliphatic rings. The van der Waals surface area contributed by atoms with Crippen molar-refractivity contribution in [3.8, 4) is 5.75 Å². The molecule has 6 heteroatoms. The third-order valence-corrected chi connectivity index (χ3v) is 4.61. The van der Waals surface area contributed by atoms with Gasteiger partial charge in [0.1, 0.15) is 17.5 Å². The lowest BCUT2D eigenvalue weighted by atomic mass is 10.0. The molecule has 1 fully saturated rings. The van der Waals surface area contributed by atoms with Crippen LogP contribution in [-0.4, -0.2) is 47.5 Å². The van der Waals surface area contributed by atoms with Gasteiger partial charge in [-0.15, -0.1) is 0 Å². The SMILES string of the molecule is CC(C)(C)OC(=O)N1CCOC(C(Oc2ccccc2CO)c2ccccc2)C1. The van der Waals surface area contributed by atoms with Crippen molar-refractivity contribution in [2.24, 2.45) is 0 Å². The number of morpholine rings is 1. The molecule has 0 aliphatic carbocycles. The molecule has 2 atom stereocenters. The molecule has 0 spiro atoms. The first-order valence-corrected chi connectivity index (χ1v) is 9.87. The van der Waals surface area contributed by atoms with Crippen molar-refractivity contribution in [3.05, 3.63) is 65.7 Å². The Morgan fingerprint density at radius 2 is 1.86 bits per heavy atom. The predicted octanol–water partition coefficient (Wildman–Crippen LogP) is 3.93. The molecule has 1 N–H and O–H groups in total. The number of para-hydroxylation sites is 1. The molecule has 29 heavy (non-hydrogen) atoms. The number of carbonyl (C=O) groups excluding carboxylic acids is 1. The van der Waals surface area contributed by atoms with Crippen molar-refractivity contribution in [1.82, 2.24) is 4.90 Å². The van der Waals surface area contributed by atoms with Crippen LogP contribution >= 0.6 is 0 Å². The van der Waals surface area contributed by atoms with Crippen molar-refractivity contribution in [1.29, 1.82) is 0 Å². The number of carbonyl (C=O) groups is 1. The maximum atomic E-state index is 12.6. The fraction of sp³-hybridized carbons (Fsp3) is 0.435. The summed E-state index contributed by atoms with van der Waals surface area (Å²) < 4.78 is 17.9. The number of amides is 1. The Balaban J connectivity index is 1.83. The standard InChI is InChI=1S/C23H29NO5/c1-23(2,3)29-22(26)24-13-14-27-20(15-24)21(17-9-5-4-6-10-17)28-19-12-8-7-11-18(19)16-25/h4-12,20-21,25H,13-16H2,1-3H3. The molecule has 2 aromatic carbocycles. The summed E-state index contributed by atoms with van der Waals surface area (Å²) in [7, 11) is 0. The maximum Gasteiger partial charge on any atom is 0.410 e. The van der Waals surface area contributed by atoms with E-state index in [1.807, 2.05) is 75.4 Å². The minimum absolute atomic E-state index is 0.118. The van der Waals surface area contributed by atoms with E-state index in [0.717, 1.165) is 5.56 Å². The zero-order valence-electron chi connectivity index (χ0n) is 17.2. The van der Waals surface area contributed by atoms with E-state index in [1.54, 1.807) is 4.90 Å². The fourth-order valence-electron chi connectivity index (χ4n) is 3.24. The van der Waals surface area contributed by atoms with E-state index in [-0.39, 0.29) is 18.8 Å². The van der Waals surface area contributed by atoms with Gasteiger partial charge in [0, 0.05) is 12.1 Å². The van der Waals surface area contributed by atoms with Crippen molar-refractivity contribution >= 4 is 6.09 Å². The van der Waals surface area contributed by atoms with Crippen LogP contribution in [0.5, 0.6) is 5.75 Å². The molecule has 1 saturated heterocycles. The lowest BCUT2D eigenvalue weighted by molar-refractivity contribution is -0.0839. The van der Waals surface area contributed by atoms with E-state index in [1.165, 1.54) is 0 Å². The highest BCUT2D eigenvalue weighted by Crippen LogP contribution is 2.31. The number of rotatable bonds is 5. The number of nitrogens with zero attached hydrogens (tertiary/aromatic N) is 1. The Kier molecular flexibility index (Phi) is 6.77. The Bertz CT molecular complexity index is 802. The van der Waals surface area contributed by atoms with Gasteiger partial charge in [0.2, 0.25) is 0 Å².